The van der Waals surface area contributed by atoms with Crippen LogP contribution in [-0.4, -0.2) is 29.0 Å². The fourth-order valence-electron chi connectivity index (χ4n) is 4.49. The number of carbonyl (C=O) groups is 1. The summed E-state index contributed by atoms with van der Waals surface area (Å²) in [7, 11) is 0. The van der Waals surface area contributed by atoms with Gasteiger partial charge in [0.25, 0.3) is 5.91 Å². The highest BCUT2D eigenvalue weighted by molar-refractivity contribution is 6.00. The SMILES string of the molecule is Cl.O=C(NC1CC2CCC(C1)N2)c1ccccc1-c1ncc(-c2ccccc2F)o1. The lowest BCUT2D eigenvalue weighted by Crippen LogP contribution is -2.48. The maximum atomic E-state index is 14.1. The second-order valence-electron chi connectivity index (χ2n) is 7.83. The lowest BCUT2D eigenvalue weighted by Gasteiger charge is -2.29. The molecule has 2 unspecified atom stereocenters. The summed E-state index contributed by atoms with van der Waals surface area (Å²) in [6.45, 7) is 0. The van der Waals surface area contributed by atoms with Crippen molar-refractivity contribution >= 4 is 18.3 Å². The van der Waals surface area contributed by atoms with Crippen molar-refractivity contribution in [2.24, 2.45) is 0 Å². The molecule has 0 aliphatic carbocycles. The molecule has 2 aromatic carbocycles. The summed E-state index contributed by atoms with van der Waals surface area (Å²) in [6, 6.07) is 14.8. The number of rotatable bonds is 4. The van der Waals surface area contributed by atoms with E-state index in [9.17, 15) is 9.18 Å². The Kier molecular flexibility index (Phi) is 5.88. The Morgan fingerprint density at radius 2 is 1.70 bits per heavy atom. The maximum absolute atomic E-state index is 14.1. The fourth-order valence-corrected chi connectivity index (χ4v) is 4.49. The molecule has 156 valence electrons. The molecule has 5 nitrogen and oxygen atoms in total. The minimum atomic E-state index is -0.373. The maximum Gasteiger partial charge on any atom is 0.252 e. The fraction of sp³-hybridized carbons (Fsp3) is 0.304. The Balaban J connectivity index is 0.00000218. The van der Waals surface area contributed by atoms with E-state index in [1.165, 1.54) is 25.1 Å². The van der Waals surface area contributed by atoms with Gasteiger partial charge in [-0.25, -0.2) is 9.37 Å². The number of aromatic nitrogens is 1. The van der Waals surface area contributed by atoms with E-state index in [4.69, 9.17) is 4.42 Å². The number of nitrogens with zero attached hydrogens (tertiary/aromatic N) is 1. The summed E-state index contributed by atoms with van der Waals surface area (Å²) in [4.78, 5) is 17.3. The molecule has 2 fully saturated rings. The highest BCUT2D eigenvalue weighted by atomic mass is 35.5. The van der Waals surface area contributed by atoms with Gasteiger partial charge in [0, 0.05) is 23.7 Å². The van der Waals surface area contributed by atoms with Crippen LogP contribution >= 0.6 is 12.4 Å². The number of carbonyl (C=O) groups excluding carboxylic acids is 1. The Morgan fingerprint density at radius 3 is 2.43 bits per heavy atom. The number of oxazole rings is 1. The summed E-state index contributed by atoms with van der Waals surface area (Å²) in [5.74, 6) is 0.141. The van der Waals surface area contributed by atoms with Gasteiger partial charge in [-0.15, -0.1) is 12.4 Å². The predicted molar refractivity (Wildman–Crippen MR) is 115 cm³/mol. The van der Waals surface area contributed by atoms with Crippen molar-refractivity contribution in [2.75, 3.05) is 0 Å². The first-order valence-electron chi connectivity index (χ1n) is 10.0. The van der Waals surface area contributed by atoms with E-state index in [0.717, 1.165) is 12.8 Å². The zero-order valence-corrected chi connectivity index (χ0v) is 17.1. The molecule has 2 bridgehead atoms. The molecule has 3 aromatic rings. The lowest BCUT2D eigenvalue weighted by molar-refractivity contribution is 0.0924. The largest absolute Gasteiger partial charge is 0.436 e. The van der Waals surface area contributed by atoms with Gasteiger partial charge < -0.3 is 15.1 Å². The van der Waals surface area contributed by atoms with Gasteiger partial charge in [0.1, 0.15) is 5.82 Å². The number of nitrogens with one attached hydrogen (secondary N) is 2. The highest BCUT2D eigenvalue weighted by Crippen LogP contribution is 2.30. The minimum Gasteiger partial charge on any atom is -0.436 e. The third-order valence-corrected chi connectivity index (χ3v) is 5.86. The Morgan fingerprint density at radius 1 is 1.03 bits per heavy atom. The van der Waals surface area contributed by atoms with Crippen LogP contribution in [-0.2, 0) is 0 Å². The third-order valence-electron chi connectivity index (χ3n) is 5.86. The van der Waals surface area contributed by atoms with Crippen LogP contribution < -0.4 is 10.6 Å². The monoisotopic (exact) mass is 427 g/mol. The average molecular weight is 428 g/mol. The molecule has 2 saturated heterocycles. The molecule has 7 heteroatoms. The molecule has 2 aliphatic heterocycles. The molecular formula is C23H23ClFN3O2. The smallest absolute Gasteiger partial charge is 0.252 e. The number of hydrogen-bond donors (Lipinski definition) is 2. The molecule has 1 amide bonds. The number of amides is 1. The number of benzene rings is 2. The van der Waals surface area contributed by atoms with E-state index < -0.39 is 0 Å². The lowest BCUT2D eigenvalue weighted by atomic mass is 9.98. The molecule has 2 aliphatic rings. The first kappa shape index (κ1) is 20.6. The van der Waals surface area contributed by atoms with Gasteiger partial charge in [0.15, 0.2) is 5.76 Å². The molecule has 5 rings (SSSR count). The second-order valence-corrected chi connectivity index (χ2v) is 7.83. The van der Waals surface area contributed by atoms with Crippen LogP contribution in [0.25, 0.3) is 22.8 Å². The second kappa shape index (κ2) is 8.58. The number of fused-ring (bicyclic) bond motifs is 2. The van der Waals surface area contributed by atoms with Crippen molar-refractivity contribution < 1.29 is 13.6 Å². The van der Waals surface area contributed by atoms with Gasteiger partial charge in [-0.1, -0.05) is 24.3 Å². The van der Waals surface area contributed by atoms with Crippen molar-refractivity contribution in [3.05, 3.63) is 66.1 Å². The van der Waals surface area contributed by atoms with Gasteiger partial charge in [-0.05, 0) is 49.9 Å². The van der Waals surface area contributed by atoms with Crippen LogP contribution in [0.5, 0.6) is 0 Å². The Bertz CT molecular complexity index is 1040. The van der Waals surface area contributed by atoms with E-state index in [0.29, 0.717) is 40.4 Å². The predicted octanol–water partition coefficient (Wildman–Crippen LogP) is 4.58. The van der Waals surface area contributed by atoms with Crippen molar-refractivity contribution in [3.8, 4) is 22.8 Å². The average Bonchev–Trinajstić information content (AvgIpc) is 3.35. The van der Waals surface area contributed by atoms with Gasteiger partial charge in [0.2, 0.25) is 5.89 Å². The number of piperidine rings is 1. The van der Waals surface area contributed by atoms with Gasteiger partial charge in [0.05, 0.1) is 17.3 Å². The third kappa shape index (κ3) is 3.98. The summed E-state index contributed by atoms with van der Waals surface area (Å²) < 4.78 is 19.9. The zero-order chi connectivity index (χ0) is 19.8. The summed E-state index contributed by atoms with van der Waals surface area (Å²) >= 11 is 0. The molecule has 2 N–H and O–H groups in total. The molecular weight excluding hydrogens is 405 g/mol. The van der Waals surface area contributed by atoms with E-state index in [1.807, 2.05) is 12.1 Å². The van der Waals surface area contributed by atoms with Gasteiger partial charge in [-0.2, -0.15) is 0 Å². The standard InChI is InChI=1S/C23H22FN3O2.ClH/c24-20-8-4-3-7-19(20)21-13-25-23(29-21)18-6-2-1-5-17(18)22(28)27-16-11-14-9-10-15(12-16)26-14;/h1-8,13-16,26H,9-12H2,(H,27,28);1H. The van der Waals surface area contributed by atoms with E-state index in [2.05, 4.69) is 15.6 Å². The molecule has 2 atom stereocenters. The number of hydrogen-bond acceptors (Lipinski definition) is 4. The van der Waals surface area contributed by atoms with E-state index in [1.54, 1.807) is 30.3 Å². The first-order chi connectivity index (χ1) is 14.2. The van der Waals surface area contributed by atoms with Crippen LogP contribution in [0.1, 0.15) is 36.0 Å². The van der Waals surface area contributed by atoms with Gasteiger partial charge in [-0.3, -0.25) is 4.79 Å². The van der Waals surface area contributed by atoms with Crippen molar-refractivity contribution in [3.63, 3.8) is 0 Å². The normalized spacial score (nSPS) is 22.4. The van der Waals surface area contributed by atoms with Crippen LogP contribution in [0.15, 0.2) is 59.1 Å². The summed E-state index contributed by atoms with van der Waals surface area (Å²) in [5.41, 5.74) is 1.46. The van der Waals surface area contributed by atoms with Crippen molar-refractivity contribution in [1.29, 1.82) is 0 Å². The topological polar surface area (TPSA) is 67.2 Å². The van der Waals surface area contributed by atoms with Crippen molar-refractivity contribution in [2.45, 2.75) is 43.8 Å². The first-order valence-corrected chi connectivity index (χ1v) is 10.0. The van der Waals surface area contributed by atoms with Crippen LogP contribution in [0.2, 0.25) is 0 Å². The Hall–Kier alpha value is -2.70. The van der Waals surface area contributed by atoms with Crippen LogP contribution in [0, 0.1) is 5.82 Å². The van der Waals surface area contributed by atoms with Crippen LogP contribution in [0.4, 0.5) is 4.39 Å². The van der Waals surface area contributed by atoms with Crippen molar-refractivity contribution in [1.82, 2.24) is 15.6 Å². The Labute approximate surface area is 180 Å². The van der Waals surface area contributed by atoms with Gasteiger partial charge >= 0.3 is 0 Å². The molecule has 30 heavy (non-hydrogen) atoms. The van der Waals surface area contributed by atoms with E-state index in [-0.39, 0.29) is 30.2 Å². The number of halogens is 2. The van der Waals surface area contributed by atoms with E-state index >= 15 is 0 Å². The molecule has 0 saturated carbocycles. The zero-order valence-electron chi connectivity index (χ0n) is 16.3. The quantitative estimate of drug-likeness (QED) is 0.639. The molecule has 1 aromatic heterocycles. The molecule has 0 spiro atoms. The minimum absolute atomic E-state index is 0. The summed E-state index contributed by atoms with van der Waals surface area (Å²) in [6.07, 6.45) is 5.78. The summed E-state index contributed by atoms with van der Waals surface area (Å²) in [5, 5.41) is 6.77. The molecule has 3 heterocycles. The highest BCUT2D eigenvalue weighted by Gasteiger charge is 2.34. The molecule has 0 radical (unpaired) electrons. The van der Waals surface area contributed by atoms with Crippen LogP contribution in [0.3, 0.4) is 0 Å².